The van der Waals surface area contributed by atoms with E-state index in [9.17, 15) is 0 Å². The van der Waals surface area contributed by atoms with Crippen molar-refractivity contribution in [2.75, 3.05) is 0 Å². The van der Waals surface area contributed by atoms with Crippen molar-refractivity contribution >= 4 is 43.7 Å². The van der Waals surface area contributed by atoms with Crippen LogP contribution >= 0.6 is 11.3 Å². The van der Waals surface area contributed by atoms with Gasteiger partial charge >= 0.3 is 0 Å². The van der Waals surface area contributed by atoms with Gasteiger partial charge in [0, 0.05) is 11.1 Å². The van der Waals surface area contributed by atoms with Gasteiger partial charge in [-0.2, -0.15) is 0 Å². The van der Waals surface area contributed by atoms with E-state index in [0.717, 1.165) is 21.1 Å². The maximum atomic E-state index is 5.10. The number of rotatable bonds is 8. The zero-order chi connectivity index (χ0) is 50.6. The molecule has 0 atom stereocenters. The first-order chi connectivity index (χ1) is 38.3. The molecule has 0 bridgehead atoms. The summed E-state index contributed by atoms with van der Waals surface area (Å²) in [4.78, 5) is 0. The second-order valence-electron chi connectivity index (χ2n) is 20.2. The zero-order valence-corrected chi connectivity index (χ0v) is 42.5. The summed E-state index contributed by atoms with van der Waals surface area (Å²) < 4.78 is 0. The molecule has 13 aromatic carbocycles. The molecular weight excluding hydrogens is 949 g/mol. The predicted molar refractivity (Wildman–Crippen MR) is 325 cm³/mol. The van der Waals surface area contributed by atoms with Crippen molar-refractivity contribution in [2.24, 2.45) is 0 Å². The number of benzene rings is 13. The van der Waals surface area contributed by atoms with Gasteiger partial charge in [0.05, 0.1) is 0 Å². The molecule has 0 spiro atoms. The van der Waals surface area contributed by atoms with Crippen LogP contribution in [0.15, 0.2) is 267 Å². The summed E-state index contributed by atoms with van der Waals surface area (Å²) in [5, 5.41) is 19.4. The number of aromatic nitrogens is 2. The Morgan fingerprint density at radius 1 is 0.182 bits per heavy atom. The fourth-order valence-electron chi connectivity index (χ4n) is 13.1. The highest BCUT2D eigenvalue weighted by molar-refractivity contribution is 7.18. The summed E-state index contributed by atoms with van der Waals surface area (Å²) in [7, 11) is 0. The Hall–Kier alpha value is -9.80. The van der Waals surface area contributed by atoms with Gasteiger partial charge in [0.2, 0.25) is 0 Å². The topological polar surface area (TPSA) is 25.8 Å². The fourth-order valence-corrected chi connectivity index (χ4v) is 14.0. The molecule has 1 aromatic heterocycles. The van der Waals surface area contributed by atoms with Crippen LogP contribution in [0.2, 0.25) is 0 Å². The van der Waals surface area contributed by atoms with E-state index in [2.05, 4.69) is 267 Å². The molecule has 14 aromatic rings. The Morgan fingerprint density at radius 3 is 0.766 bits per heavy atom. The van der Waals surface area contributed by atoms with Gasteiger partial charge in [0.1, 0.15) is 10.0 Å². The molecule has 1 heterocycles. The van der Waals surface area contributed by atoms with Gasteiger partial charge in [0.15, 0.2) is 0 Å². The molecule has 16 rings (SSSR count). The van der Waals surface area contributed by atoms with Crippen LogP contribution in [-0.4, -0.2) is 10.2 Å². The highest BCUT2D eigenvalue weighted by Crippen LogP contribution is 2.62. The molecule has 2 aliphatic carbocycles. The largest absolute Gasteiger partial charge is 0.148 e. The Morgan fingerprint density at radius 2 is 0.429 bits per heavy atom. The first-order valence-corrected chi connectivity index (χ1v) is 27.2. The van der Waals surface area contributed by atoms with Crippen LogP contribution in [0.1, 0.15) is 0 Å². The summed E-state index contributed by atoms with van der Waals surface area (Å²) >= 11 is 1.68. The van der Waals surface area contributed by atoms with Crippen LogP contribution in [0.3, 0.4) is 0 Å². The van der Waals surface area contributed by atoms with Crippen molar-refractivity contribution in [3.8, 4) is 132 Å². The first kappa shape index (κ1) is 43.6. The summed E-state index contributed by atoms with van der Waals surface area (Å²) in [5.74, 6) is 0. The van der Waals surface area contributed by atoms with Crippen LogP contribution in [0.5, 0.6) is 0 Å². The van der Waals surface area contributed by atoms with Crippen LogP contribution in [0, 0.1) is 0 Å². The number of fused-ring (bicyclic) bond motifs is 7. The summed E-state index contributed by atoms with van der Waals surface area (Å²) in [6.45, 7) is 0. The number of hydrogen-bond acceptors (Lipinski definition) is 3. The minimum atomic E-state index is 0.900. The van der Waals surface area contributed by atoms with Crippen LogP contribution in [-0.2, 0) is 0 Å². The van der Waals surface area contributed by atoms with Crippen molar-refractivity contribution in [1.29, 1.82) is 0 Å². The van der Waals surface area contributed by atoms with Gasteiger partial charge in [0.25, 0.3) is 0 Å². The van der Waals surface area contributed by atoms with Crippen molar-refractivity contribution in [1.82, 2.24) is 10.2 Å². The lowest BCUT2D eigenvalue weighted by Gasteiger charge is -2.26. The Balaban J connectivity index is 0.912. The van der Waals surface area contributed by atoms with Gasteiger partial charge in [-0.15, -0.1) is 10.2 Å². The van der Waals surface area contributed by atoms with Crippen molar-refractivity contribution < 1.29 is 0 Å². The molecule has 0 unspecified atom stereocenters. The summed E-state index contributed by atoms with van der Waals surface area (Å²) in [6.07, 6.45) is 0. The predicted octanol–water partition coefficient (Wildman–Crippen LogP) is 20.6. The lowest BCUT2D eigenvalue weighted by molar-refractivity contribution is 1.10. The normalized spacial score (nSPS) is 11.9. The zero-order valence-electron chi connectivity index (χ0n) is 41.7. The molecule has 0 N–H and O–H groups in total. The molecule has 0 saturated carbocycles. The molecule has 0 saturated heterocycles. The third-order valence-corrected chi connectivity index (χ3v) is 17.1. The molecule has 356 valence electrons. The molecular formula is C74H44N2S. The lowest BCUT2D eigenvalue weighted by atomic mass is 9.76. The van der Waals surface area contributed by atoms with Gasteiger partial charge in [-0.1, -0.05) is 278 Å². The van der Waals surface area contributed by atoms with E-state index in [1.54, 1.807) is 11.3 Å². The Bertz CT molecular complexity index is 4470. The van der Waals surface area contributed by atoms with E-state index in [1.807, 2.05) is 0 Å². The Labute approximate surface area is 450 Å². The van der Waals surface area contributed by atoms with E-state index >= 15 is 0 Å². The summed E-state index contributed by atoms with van der Waals surface area (Å²) in [5.41, 5.74) is 26.9. The van der Waals surface area contributed by atoms with Crippen LogP contribution in [0.4, 0.5) is 0 Å². The van der Waals surface area contributed by atoms with Gasteiger partial charge in [-0.25, -0.2) is 0 Å². The number of hydrogen-bond donors (Lipinski definition) is 0. The van der Waals surface area contributed by atoms with Crippen LogP contribution in [0.25, 0.3) is 165 Å². The van der Waals surface area contributed by atoms with Crippen molar-refractivity contribution in [3.63, 3.8) is 0 Å². The summed E-state index contributed by atoms with van der Waals surface area (Å²) in [6, 6.07) is 97.9. The molecule has 3 heteroatoms. The maximum absolute atomic E-state index is 5.10. The maximum Gasteiger partial charge on any atom is 0.148 e. The smallest absolute Gasteiger partial charge is 0.138 e. The molecule has 0 fully saturated rings. The third-order valence-electron chi connectivity index (χ3n) is 16.1. The van der Waals surface area contributed by atoms with Gasteiger partial charge in [-0.3, -0.25) is 0 Å². The monoisotopic (exact) mass is 992 g/mol. The minimum Gasteiger partial charge on any atom is -0.138 e. The Kier molecular flexibility index (Phi) is 9.85. The van der Waals surface area contributed by atoms with E-state index in [0.29, 0.717) is 0 Å². The molecule has 2 aliphatic rings. The van der Waals surface area contributed by atoms with Crippen molar-refractivity contribution in [2.45, 2.75) is 0 Å². The highest BCUT2D eigenvalue weighted by atomic mass is 32.1. The molecule has 0 amide bonds. The van der Waals surface area contributed by atoms with E-state index in [1.165, 1.54) is 144 Å². The van der Waals surface area contributed by atoms with Crippen LogP contribution < -0.4 is 0 Å². The number of nitrogens with zero attached hydrogens (tertiary/aromatic N) is 2. The highest BCUT2D eigenvalue weighted by Gasteiger charge is 2.36. The SMILES string of the molecule is c1ccc(-c2c(-c3ccccc3)c(-c3ccccc3)c3c(c2-c2ccccc2)-c2cccc4c(-c5nnc(-c6ccc7c8c(cccc68)-c6c-7c(-c7ccccc7)c7ccccc7c6-c6ccccc6)s5)ccc-3c24)cc1. The second-order valence-corrected chi connectivity index (χ2v) is 21.2. The standard InChI is InChI=1S/C74H44N2S/c1-7-23-45(24-8-1)61-51-35-19-20-36-52(51)62(46-25-9-2-10-26-46)70-59-43-41-55(53-37-21-39-57(67(53)59)69(61)70)73-75-76-74(77-73)56-42-44-60-68-54(56)38-22-40-58(68)71-65(49-31-15-5-16-32-49)63(47-27-11-3-12-28-47)64(48-29-13-4-14-30-48)66(72(60)71)50-33-17-6-18-34-50/h1-44H. The average molecular weight is 993 g/mol. The second kappa shape index (κ2) is 17.4. The van der Waals surface area contributed by atoms with Crippen molar-refractivity contribution in [3.05, 3.63) is 267 Å². The fraction of sp³-hybridized carbons (Fsp3) is 0. The van der Waals surface area contributed by atoms with E-state index < -0.39 is 0 Å². The van der Waals surface area contributed by atoms with E-state index in [-0.39, 0.29) is 0 Å². The average Bonchev–Trinajstić information content (AvgIpc) is 4.39. The molecule has 2 nitrogen and oxygen atoms in total. The lowest BCUT2D eigenvalue weighted by Crippen LogP contribution is -1.99. The third kappa shape index (κ3) is 6.54. The van der Waals surface area contributed by atoms with Gasteiger partial charge < -0.3 is 0 Å². The van der Waals surface area contributed by atoms with E-state index in [4.69, 9.17) is 10.2 Å². The molecule has 0 radical (unpaired) electrons. The molecule has 77 heavy (non-hydrogen) atoms. The molecule has 0 aliphatic heterocycles. The van der Waals surface area contributed by atoms with Gasteiger partial charge in [-0.05, 0) is 144 Å². The minimum absolute atomic E-state index is 0.900. The quantitative estimate of drug-likeness (QED) is 0.152. The first-order valence-electron chi connectivity index (χ1n) is 26.4.